The van der Waals surface area contributed by atoms with Gasteiger partial charge in [-0.05, 0) is 62.4 Å². The second kappa shape index (κ2) is 14.6. The molecule has 0 bridgehead atoms. The highest BCUT2D eigenvalue weighted by atomic mass is 19.1. The van der Waals surface area contributed by atoms with Crippen LogP contribution in [-0.2, 0) is 33.2 Å². The molecule has 15 nitrogen and oxygen atoms in total. The van der Waals surface area contributed by atoms with Gasteiger partial charge in [0.25, 0.3) is 0 Å². The molecule has 0 spiro atoms. The van der Waals surface area contributed by atoms with Crippen LogP contribution in [0.2, 0.25) is 0 Å². The molecule has 0 aliphatic heterocycles. The van der Waals surface area contributed by atoms with Crippen LogP contribution < -0.4 is 11.4 Å². The number of aryl methyl sites for hydroxylation is 2. The van der Waals surface area contributed by atoms with Crippen molar-refractivity contribution in [1.82, 2.24) is 47.8 Å². The summed E-state index contributed by atoms with van der Waals surface area (Å²) >= 11 is 0. The third-order valence-electron chi connectivity index (χ3n) is 10.4. The van der Waals surface area contributed by atoms with Gasteiger partial charge in [0.15, 0.2) is 11.5 Å². The maximum Gasteiger partial charge on any atom is 0.330 e. The first-order valence-corrected chi connectivity index (χ1v) is 18.5. The van der Waals surface area contributed by atoms with Crippen molar-refractivity contribution in [2.45, 2.75) is 39.5 Å². The predicted octanol–water partition coefficient (Wildman–Crippen LogP) is 5.75. The number of allylic oxidation sites excluding steroid dienone is 1. The van der Waals surface area contributed by atoms with Crippen molar-refractivity contribution in [2.75, 3.05) is 0 Å². The first-order valence-electron chi connectivity index (χ1n) is 18.5. The van der Waals surface area contributed by atoms with Gasteiger partial charge in [0, 0.05) is 12.6 Å². The molecule has 0 saturated heterocycles. The quantitative estimate of drug-likeness (QED) is 0.172. The van der Waals surface area contributed by atoms with Crippen LogP contribution in [0, 0.1) is 29.9 Å². The lowest BCUT2D eigenvalue weighted by Crippen LogP contribution is -2.23. The molecule has 0 radical (unpaired) electrons. The van der Waals surface area contributed by atoms with Crippen LogP contribution in [0.4, 0.5) is 14.6 Å². The zero-order valence-corrected chi connectivity index (χ0v) is 31.8. The number of halogens is 2. The average Bonchev–Trinajstić information content (AvgIpc) is 3.99. The van der Waals surface area contributed by atoms with Crippen LogP contribution in [0.1, 0.15) is 45.8 Å². The van der Waals surface area contributed by atoms with Gasteiger partial charge in [-0.2, -0.15) is 10.2 Å². The summed E-state index contributed by atoms with van der Waals surface area (Å²) in [7, 11) is 1.54. The first kappa shape index (κ1) is 36.7. The van der Waals surface area contributed by atoms with E-state index in [1.165, 1.54) is 36.9 Å². The van der Waals surface area contributed by atoms with Crippen LogP contribution in [0.3, 0.4) is 0 Å². The summed E-state index contributed by atoms with van der Waals surface area (Å²) in [4.78, 5) is 57.0. The first-order chi connectivity index (χ1) is 28.6. The van der Waals surface area contributed by atoms with E-state index in [1.807, 2.05) is 41.8 Å². The Morgan fingerprint density at radius 3 is 2.71 bits per heavy atom. The summed E-state index contributed by atoms with van der Waals surface area (Å²) < 4.78 is 40.6. The van der Waals surface area contributed by atoms with Crippen LogP contribution >= 0.6 is 0 Å². The summed E-state index contributed by atoms with van der Waals surface area (Å²) in [6.07, 6.45) is 10.5. The highest BCUT2D eigenvalue weighted by molar-refractivity contribution is 5.89. The summed E-state index contributed by atoms with van der Waals surface area (Å²) in [5, 5.41) is 9.44. The van der Waals surface area contributed by atoms with Gasteiger partial charge in [0.1, 0.15) is 41.5 Å². The van der Waals surface area contributed by atoms with Gasteiger partial charge in [0.05, 0.1) is 65.2 Å². The Kier molecular flexibility index (Phi) is 9.08. The van der Waals surface area contributed by atoms with Gasteiger partial charge in [-0.1, -0.05) is 42.0 Å². The number of nitrogens with zero attached hydrogens (tertiary/aromatic N) is 12. The minimum atomic E-state index is -1.02. The number of aromatic amines is 1. The maximum absolute atomic E-state index is 17.1. The van der Waals surface area contributed by atoms with E-state index in [9.17, 15) is 14.9 Å². The van der Waals surface area contributed by atoms with E-state index in [2.05, 4.69) is 48.8 Å². The predicted molar refractivity (Wildman–Crippen MR) is 218 cm³/mol. The molecular formula is C42H33F2N13O2. The molecule has 1 aliphatic rings. The van der Waals surface area contributed by atoms with Gasteiger partial charge in [-0.3, -0.25) is 23.3 Å². The SMILES string of the molecule is C=Nc1c(/C=N\Cn2cnc3c2C=CCC3)n(C)c(=O)n1Cc1ccc(F)c(-c2nc(-n3cnc4cc(C#N)ccc43)nc3c2[nH]c(=O)n3Cc2cccc(C)c2)c1F. The number of fused-ring (bicyclic) bond motifs is 3. The number of rotatable bonds is 10. The molecule has 9 rings (SSSR count). The van der Waals surface area contributed by atoms with E-state index in [-0.39, 0.29) is 53.9 Å². The number of nitrogens with one attached hydrogen (secondary N) is 1. The van der Waals surface area contributed by atoms with E-state index < -0.39 is 28.6 Å². The zero-order valence-electron chi connectivity index (χ0n) is 31.8. The number of H-pyrrole nitrogens is 1. The Morgan fingerprint density at radius 1 is 1.03 bits per heavy atom. The van der Waals surface area contributed by atoms with Gasteiger partial charge in [0.2, 0.25) is 5.95 Å². The van der Waals surface area contributed by atoms with Crippen molar-refractivity contribution in [3.05, 3.63) is 145 Å². The Hall–Kier alpha value is -7.87. The minimum Gasteiger partial charge on any atom is -0.310 e. The van der Waals surface area contributed by atoms with Crippen LogP contribution in [-0.4, -0.2) is 60.7 Å². The third kappa shape index (κ3) is 6.36. The summed E-state index contributed by atoms with van der Waals surface area (Å²) in [5.41, 5.74) is 3.57. The largest absolute Gasteiger partial charge is 0.330 e. The highest BCUT2D eigenvalue weighted by Crippen LogP contribution is 2.33. The lowest BCUT2D eigenvalue weighted by Gasteiger charge is -2.13. The number of imidazole rings is 4. The van der Waals surface area contributed by atoms with Crippen LogP contribution in [0.25, 0.3) is 45.5 Å². The average molecular weight is 790 g/mol. The molecule has 1 aliphatic carbocycles. The standard InChI is InChI=1S/C42H33F2N13O2/c1-24-7-6-8-26(15-24)19-55-39-37(51-41(55)58)36(50-40(52-39)57-23-49-30-16-25(17-45)11-14-32(30)57)34-28(43)13-12-27(35(34)44)20-56-38(46-2)33(53(3)42(56)59)18-47-21-54-22-48-29-9-4-5-10-31(29)54/h5-8,10-16,18,22-23H,2,4,9,19-21H2,1,3H3,(H,51,58)/b47-18-. The molecule has 0 amide bonds. The molecule has 0 unspecified atom stereocenters. The van der Waals surface area contributed by atoms with Crippen molar-refractivity contribution in [3.63, 3.8) is 0 Å². The molecule has 0 saturated carbocycles. The topological polar surface area (TPSA) is 175 Å². The molecule has 0 atom stereocenters. The molecule has 0 fully saturated rings. The summed E-state index contributed by atoms with van der Waals surface area (Å²) in [5.74, 6) is -1.88. The van der Waals surface area contributed by atoms with Gasteiger partial charge >= 0.3 is 11.4 Å². The zero-order chi connectivity index (χ0) is 40.9. The van der Waals surface area contributed by atoms with Crippen molar-refractivity contribution < 1.29 is 8.78 Å². The second-order valence-electron chi connectivity index (χ2n) is 14.1. The second-order valence-corrected chi connectivity index (χ2v) is 14.1. The smallest absolute Gasteiger partial charge is 0.310 e. The van der Waals surface area contributed by atoms with E-state index in [4.69, 9.17) is 4.98 Å². The Morgan fingerprint density at radius 2 is 1.90 bits per heavy atom. The molecule has 292 valence electrons. The fraction of sp³-hybridized carbons (Fsp3) is 0.167. The Bertz CT molecular complexity index is 3240. The summed E-state index contributed by atoms with van der Waals surface area (Å²) in [6, 6.07) is 16.8. The van der Waals surface area contributed by atoms with E-state index >= 15 is 8.78 Å². The highest BCUT2D eigenvalue weighted by Gasteiger charge is 2.26. The van der Waals surface area contributed by atoms with Crippen molar-refractivity contribution in [3.8, 4) is 23.3 Å². The molecule has 8 aromatic rings. The number of aliphatic imine (C=N–C) groups is 2. The van der Waals surface area contributed by atoms with Gasteiger partial charge < -0.3 is 9.55 Å². The Balaban J connectivity index is 1.15. The van der Waals surface area contributed by atoms with Crippen LogP contribution in [0.5, 0.6) is 0 Å². The minimum absolute atomic E-state index is 0.00369. The number of aromatic nitrogens is 10. The normalized spacial score (nSPS) is 12.5. The molecule has 1 N–H and O–H groups in total. The molecular weight excluding hydrogens is 757 g/mol. The molecule has 3 aromatic carbocycles. The number of hydrogen-bond acceptors (Lipinski definition) is 9. The van der Waals surface area contributed by atoms with Crippen molar-refractivity contribution >= 4 is 47.0 Å². The lowest BCUT2D eigenvalue weighted by molar-refractivity contribution is 0.569. The fourth-order valence-electron chi connectivity index (χ4n) is 7.47. The van der Waals surface area contributed by atoms with E-state index in [0.717, 1.165) is 41.4 Å². The molecule has 5 heterocycles. The molecule has 59 heavy (non-hydrogen) atoms. The van der Waals surface area contributed by atoms with Gasteiger partial charge in [-0.15, -0.1) is 0 Å². The third-order valence-corrected chi connectivity index (χ3v) is 10.4. The van der Waals surface area contributed by atoms with E-state index in [1.54, 1.807) is 31.6 Å². The Labute approximate surface area is 333 Å². The van der Waals surface area contributed by atoms with Crippen molar-refractivity contribution in [2.24, 2.45) is 17.0 Å². The van der Waals surface area contributed by atoms with Crippen molar-refractivity contribution in [1.29, 1.82) is 5.26 Å². The summed E-state index contributed by atoms with van der Waals surface area (Å²) in [6.45, 7) is 5.58. The number of nitriles is 1. The molecule has 5 aromatic heterocycles. The monoisotopic (exact) mass is 789 g/mol. The number of benzene rings is 3. The fourth-order valence-corrected chi connectivity index (χ4v) is 7.47. The lowest BCUT2D eigenvalue weighted by atomic mass is 10.0. The van der Waals surface area contributed by atoms with Crippen LogP contribution in [0.15, 0.2) is 92.9 Å². The number of hydrogen-bond donors (Lipinski definition) is 1. The van der Waals surface area contributed by atoms with Gasteiger partial charge in [-0.25, -0.2) is 38.3 Å². The van der Waals surface area contributed by atoms with E-state index in [0.29, 0.717) is 22.3 Å². The molecule has 17 heteroatoms. The maximum atomic E-state index is 17.1.